The molecule has 1 unspecified atom stereocenters. The maximum Gasteiger partial charge on any atom is 0.241 e. The van der Waals surface area contributed by atoms with E-state index in [2.05, 4.69) is 4.72 Å². The summed E-state index contributed by atoms with van der Waals surface area (Å²) in [5.41, 5.74) is 8.36. The van der Waals surface area contributed by atoms with Crippen LogP contribution >= 0.6 is 0 Å². The summed E-state index contributed by atoms with van der Waals surface area (Å²) >= 11 is 0. The number of aliphatic hydroxyl groups is 1. The van der Waals surface area contributed by atoms with E-state index in [1.807, 2.05) is 20.8 Å². The van der Waals surface area contributed by atoms with E-state index in [1.54, 1.807) is 19.9 Å². The van der Waals surface area contributed by atoms with Crippen molar-refractivity contribution >= 4 is 15.7 Å². The molecule has 0 fully saturated rings. The monoisotopic (exact) mass is 300 g/mol. The number of hydrogen-bond acceptors (Lipinski definition) is 4. The van der Waals surface area contributed by atoms with Crippen molar-refractivity contribution in [2.45, 2.75) is 45.6 Å². The van der Waals surface area contributed by atoms with Crippen LogP contribution < -0.4 is 10.5 Å². The fraction of sp³-hybridized carbons (Fsp3) is 0.571. The van der Waals surface area contributed by atoms with E-state index in [9.17, 15) is 13.5 Å². The first kappa shape index (κ1) is 16.9. The van der Waals surface area contributed by atoms with Crippen molar-refractivity contribution in [1.29, 1.82) is 0 Å². The van der Waals surface area contributed by atoms with Crippen LogP contribution in [0, 0.1) is 26.7 Å². The number of aliphatic hydroxyl groups excluding tert-OH is 1. The van der Waals surface area contributed by atoms with Gasteiger partial charge in [-0.1, -0.05) is 13.8 Å². The zero-order valence-electron chi connectivity index (χ0n) is 12.7. The van der Waals surface area contributed by atoms with Crippen molar-refractivity contribution in [3.63, 3.8) is 0 Å². The maximum atomic E-state index is 12.4. The molecule has 0 amide bonds. The summed E-state index contributed by atoms with van der Waals surface area (Å²) in [6.07, 6.45) is -0.715. The highest BCUT2D eigenvalue weighted by molar-refractivity contribution is 7.89. The highest BCUT2D eigenvalue weighted by atomic mass is 32.2. The van der Waals surface area contributed by atoms with Gasteiger partial charge in [0, 0.05) is 12.2 Å². The molecule has 114 valence electrons. The molecule has 0 saturated carbocycles. The van der Waals surface area contributed by atoms with E-state index in [-0.39, 0.29) is 17.4 Å². The van der Waals surface area contributed by atoms with Gasteiger partial charge in [-0.3, -0.25) is 0 Å². The van der Waals surface area contributed by atoms with E-state index >= 15 is 0 Å². The Morgan fingerprint density at radius 3 is 2.30 bits per heavy atom. The summed E-state index contributed by atoms with van der Waals surface area (Å²) in [6, 6.07) is 1.77. The summed E-state index contributed by atoms with van der Waals surface area (Å²) < 4.78 is 27.3. The Morgan fingerprint density at radius 2 is 1.80 bits per heavy atom. The standard InChI is InChI=1S/C14H24N2O3S/c1-8(2)13(17)7-16-20(18,19)14-10(4)9(3)6-12(15)11(14)5/h6,8,13,16-17H,7,15H2,1-5H3. The van der Waals surface area contributed by atoms with Crippen molar-refractivity contribution < 1.29 is 13.5 Å². The average Bonchev–Trinajstić information content (AvgIpc) is 2.33. The summed E-state index contributed by atoms with van der Waals surface area (Å²) in [7, 11) is -3.69. The molecule has 6 heteroatoms. The van der Waals surface area contributed by atoms with Crippen LogP contribution in [-0.2, 0) is 10.0 Å². The Labute approximate surface area is 121 Å². The molecular weight excluding hydrogens is 276 g/mol. The Morgan fingerprint density at radius 1 is 1.25 bits per heavy atom. The predicted octanol–water partition coefficient (Wildman–Crippen LogP) is 1.49. The van der Waals surface area contributed by atoms with E-state index in [0.29, 0.717) is 16.8 Å². The fourth-order valence-corrected chi connectivity index (χ4v) is 3.57. The Hall–Kier alpha value is -1.11. The molecule has 0 saturated heterocycles. The first-order valence-electron chi connectivity index (χ1n) is 6.62. The third kappa shape index (κ3) is 3.50. The number of anilines is 1. The molecule has 1 rings (SSSR count). The van der Waals surface area contributed by atoms with Crippen molar-refractivity contribution in [2.24, 2.45) is 5.92 Å². The van der Waals surface area contributed by atoms with Gasteiger partial charge in [0.25, 0.3) is 0 Å². The highest BCUT2D eigenvalue weighted by Crippen LogP contribution is 2.27. The Bertz CT molecular complexity index is 569. The second kappa shape index (κ2) is 6.11. The Balaban J connectivity index is 3.17. The maximum absolute atomic E-state index is 12.4. The number of sulfonamides is 1. The first-order valence-corrected chi connectivity index (χ1v) is 8.10. The number of nitrogens with one attached hydrogen (secondary N) is 1. The minimum absolute atomic E-state index is 0.00722. The van der Waals surface area contributed by atoms with Crippen LogP contribution in [0.1, 0.15) is 30.5 Å². The highest BCUT2D eigenvalue weighted by Gasteiger charge is 2.23. The smallest absolute Gasteiger partial charge is 0.241 e. The van der Waals surface area contributed by atoms with Gasteiger partial charge in [-0.2, -0.15) is 0 Å². The van der Waals surface area contributed by atoms with Gasteiger partial charge in [0.15, 0.2) is 0 Å². The molecule has 1 aromatic rings. The molecule has 0 bridgehead atoms. The lowest BCUT2D eigenvalue weighted by molar-refractivity contribution is 0.129. The fourth-order valence-electron chi connectivity index (χ4n) is 1.95. The van der Waals surface area contributed by atoms with Crippen molar-refractivity contribution in [3.8, 4) is 0 Å². The van der Waals surface area contributed by atoms with Gasteiger partial charge in [-0.05, 0) is 49.4 Å². The molecule has 0 aliphatic heterocycles. The van der Waals surface area contributed by atoms with E-state index in [0.717, 1.165) is 5.56 Å². The van der Waals surface area contributed by atoms with Gasteiger partial charge >= 0.3 is 0 Å². The third-order valence-corrected chi connectivity index (χ3v) is 5.30. The van der Waals surface area contributed by atoms with Crippen molar-refractivity contribution in [2.75, 3.05) is 12.3 Å². The van der Waals surface area contributed by atoms with Crippen LogP contribution in [0.4, 0.5) is 5.69 Å². The van der Waals surface area contributed by atoms with Crippen LogP contribution in [0.15, 0.2) is 11.0 Å². The minimum atomic E-state index is -3.69. The van der Waals surface area contributed by atoms with Crippen molar-refractivity contribution in [1.82, 2.24) is 4.72 Å². The predicted molar refractivity (Wildman–Crippen MR) is 81.1 cm³/mol. The van der Waals surface area contributed by atoms with Crippen LogP contribution in [0.3, 0.4) is 0 Å². The van der Waals surface area contributed by atoms with E-state index in [1.165, 1.54) is 0 Å². The summed E-state index contributed by atoms with van der Waals surface area (Å²) in [6.45, 7) is 8.94. The minimum Gasteiger partial charge on any atom is -0.398 e. The first-order chi connectivity index (χ1) is 9.08. The molecule has 0 spiro atoms. The van der Waals surface area contributed by atoms with Gasteiger partial charge in [0.2, 0.25) is 10.0 Å². The molecular formula is C14H24N2O3S. The quantitative estimate of drug-likeness (QED) is 0.718. The molecule has 0 aliphatic carbocycles. The number of hydrogen-bond donors (Lipinski definition) is 3. The normalized spacial score (nSPS) is 13.8. The lowest BCUT2D eigenvalue weighted by atomic mass is 10.1. The molecule has 0 radical (unpaired) electrons. The number of nitrogens with two attached hydrogens (primary N) is 1. The molecule has 20 heavy (non-hydrogen) atoms. The van der Waals surface area contributed by atoms with Gasteiger partial charge in [0.05, 0.1) is 11.0 Å². The second-order valence-corrected chi connectivity index (χ2v) is 7.23. The Kier molecular flexibility index (Phi) is 5.18. The number of nitrogen functional groups attached to an aromatic ring is 1. The topological polar surface area (TPSA) is 92.4 Å². The largest absolute Gasteiger partial charge is 0.398 e. The molecule has 1 atom stereocenters. The summed E-state index contributed by atoms with van der Waals surface area (Å²) in [4.78, 5) is 0.214. The third-order valence-electron chi connectivity index (χ3n) is 3.60. The lowest BCUT2D eigenvalue weighted by Crippen LogP contribution is -2.35. The average molecular weight is 300 g/mol. The second-order valence-electron chi connectivity index (χ2n) is 5.53. The summed E-state index contributed by atoms with van der Waals surface area (Å²) in [5, 5.41) is 9.73. The van der Waals surface area contributed by atoms with Gasteiger partial charge in [0.1, 0.15) is 0 Å². The molecule has 0 heterocycles. The van der Waals surface area contributed by atoms with Gasteiger partial charge < -0.3 is 10.8 Å². The zero-order valence-corrected chi connectivity index (χ0v) is 13.5. The van der Waals surface area contributed by atoms with Crippen molar-refractivity contribution in [3.05, 3.63) is 22.8 Å². The molecule has 1 aromatic carbocycles. The van der Waals surface area contributed by atoms with Crippen LogP contribution in [0.2, 0.25) is 0 Å². The van der Waals surface area contributed by atoms with Gasteiger partial charge in [-0.25, -0.2) is 13.1 Å². The summed E-state index contributed by atoms with van der Waals surface area (Å²) in [5.74, 6) is -0.0116. The molecule has 0 aromatic heterocycles. The SMILES string of the molecule is Cc1cc(N)c(C)c(S(=O)(=O)NCC(O)C(C)C)c1C. The zero-order chi connectivity index (χ0) is 15.7. The van der Waals surface area contributed by atoms with E-state index < -0.39 is 16.1 Å². The molecule has 0 aliphatic rings. The number of benzene rings is 1. The number of aryl methyl sites for hydroxylation is 1. The molecule has 4 N–H and O–H groups in total. The van der Waals surface area contributed by atoms with E-state index in [4.69, 9.17) is 5.73 Å². The molecule has 5 nitrogen and oxygen atoms in total. The van der Waals surface area contributed by atoms with Crippen LogP contribution in [-0.4, -0.2) is 26.2 Å². The van der Waals surface area contributed by atoms with Crippen LogP contribution in [0.25, 0.3) is 0 Å². The van der Waals surface area contributed by atoms with Crippen LogP contribution in [0.5, 0.6) is 0 Å². The number of rotatable bonds is 5. The lowest BCUT2D eigenvalue weighted by Gasteiger charge is -2.18. The van der Waals surface area contributed by atoms with Gasteiger partial charge in [-0.15, -0.1) is 0 Å².